The third-order valence-electron chi connectivity index (χ3n) is 6.55. The molecule has 0 unspecified atom stereocenters. The van der Waals surface area contributed by atoms with Crippen LogP contribution in [0.1, 0.15) is 55.1 Å². The molecular weight excluding hydrogens is 426 g/mol. The second kappa shape index (κ2) is 8.05. The summed E-state index contributed by atoms with van der Waals surface area (Å²) in [6.07, 6.45) is 1.41. The maximum atomic E-state index is 13.6. The first-order valence-electron chi connectivity index (χ1n) is 11.9. The third-order valence-corrected chi connectivity index (χ3v) is 6.55. The minimum Gasteiger partial charge on any atom is -0.443 e. The fraction of sp³-hybridized carbons (Fsp3) is 0.357. The molecule has 0 spiro atoms. The highest BCUT2D eigenvalue weighted by Gasteiger charge is 2.46. The van der Waals surface area contributed by atoms with E-state index in [0.29, 0.717) is 24.3 Å². The van der Waals surface area contributed by atoms with Crippen LogP contribution in [0, 0.1) is 6.92 Å². The number of carbonyl (C=O) groups excluding carboxylic acids is 2. The number of ether oxygens (including phenoxy) is 1. The van der Waals surface area contributed by atoms with E-state index in [4.69, 9.17) is 4.74 Å². The van der Waals surface area contributed by atoms with E-state index >= 15 is 0 Å². The molecule has 3 aromatic carbocycles. The van der Waals surface area contributed by atoms with Gasteiger partial charge in [-0.05, 0) is 74.6 Å². The van der Waals surface area contributed by atoms with E-state index in [0.717, 1.165) is 29.7 Å². The average molecular weight is 458 g/mol. The molecule has 2 N–H and O–H groups in total. The highest BCUT2D eigenvalue weighted by molar-refractivity contribution is 6.02. The molecule has 34 heavy (non-hydrogen) atoms. The molecule has 1 aliphatic heterocycles. The normalized spacial score (nSPS) is 16.4. The molecule has 0 saturated heterocycles. The van der Waals surface area contributed by atoms with Crippen LogP contribution in [-0.2, 0) is 10.3 Å². The fourth-order valence-electron chi connectivity index (χ4n) is 4.75. The molecule has 0 atom stereocenters. The predicted octanol–water partition coefficient (Wildman–Crippen LogP) is 5.73. The number of anilines is 2. The molecule has 1 fully saturated rings. The molecule has 2 amide bonds. The summed E-state index contributed by atoms with van der Waals surface area (Å²) in [6.45, 7) is 8.59. The van der Waals surface area contributed by atoms with Crippen molar-refractivity contribution in [2.75, 3.05) is 23.3 Å². The van der Waals surface area contributed by atoms with Crippen LogP contribution in [0.4, 0.5) is 16.2 Å². The Hall–Kier alpha value is -3.54. The van der Waals surface area contributed by atoms with E-state index in [9.17, 15) is 9.59 Å². The van der Waals surface area contributed by atoms with E-state index in [-0.39, 0.29) is 11.4 Å². The summed E-state index contributed by atoms with van der Waals surface area (Å²) in [5.74, 6) is -0.125. The van der Waals surface area contributed by atoms with Crippen LogP contribution in [0.2, 0.25) is 0 Å². The molecule has 1 aliphatic carbocycles. The first-order chi connectivity index (χ1) is 16.2. The molecule has 0 aromatic heterocycles. The zero-order valence-electron chi connectivity index (χ0n) is 20.2. The van der Waals surface area contributed by atoms with E-state index < -0.39 is 11.7 Å². The van der Waals surface area contributed by atoms with Gasteiger partial charge in [-0.25, -0.2) is 4.79 Å². The molecule has 0 radical (unpaired) electrons. The van der Waals surface area contributed by atoms with Gasteiger partial charge in [-0.3, -0.25) is 9.69 Å². The van der Waals surface area contributed by atoms with Crippen molar-refractivity contribution in [3.8, 4) is 0 Å². The molecule has 1 saturated carbocycles. The van der Waals surface area contributed by atoms with Gasteiger partial charge in [-0.2, -0.15) is 0 Å². The highest BCUT2D eigenvalue weighted by Crippen LogP contribution is 2.48. The third kappa shape index (κ3) is 4.09. The van der Waals surface area contributed by atoms with Gasteiger partial charge < -0.3 is 15.4 Å². The lowest BCUT2D eigenvalue weighted by Crippen LogP contribution is -2.42. The number of nitrogens with zero attached hydrogens (tertiary/aromatic N) is 1. The largest absolute Gasteiger partial charge is 0.443 e. The highest BCUT2D eigenvalue weighted by atomic mass is 16.6. The predicted molar refractivity (Wildman–Crippen MR) is 136 cm³/mol. The summed E-state index contributed by atoms with van der Waals surface area (Å²) in [4.78, 5) is 28.0. The van der Waals surface area contributed by atoms with Crippen LogP contribution in [0.5, 0.6) is 0 Å². The number of hydrogen-bond acceptors (Lipinski definition) is 4. The van der Waals surface area contributed by atoms with Crippen LogP contribution in [-0.4, -0.2) is 30.7 Å². The topological polar surface area (TPSA) is 70.7 Å². The van der Waals surface area contributed by atoms with Crippen LogP contribution in [0.25, 0.3) is 10.8 Å². The Labute approximate surface area is 200 Å². The Kier molecular flexibility index (Phi) is 5.27. The number of aryl methyl sites for hydroxylation is 1. The maximum absolute atomic E-state index is 13.6. The lowest BCUT2D eigenvalue weighted by atomic mass is 9.96. The van der Waals surface area contributed by atoms with Gasteiger partial charge in [0.15, 0.2) is 0 Å². The Morgan fingerprint density at radius 1 is 1.06 bits per heavy atom. The van der Waals surface area contributed by atoms with Crippen molar-refractivity contribution in [2.45, 2.75) is 51.7 Å². The van der Waals surface area contributed by atoms with Crippen LogP contribution < -0.4 is 15.5 Å². The van der Waals surface area contributed by atoms with Crippen LogP contribution >= 0.6 is 0 Å². The van der Waals surface area contributed by atoms with Gasteiger partial charge in [0.25, 0.3) is 5.91 Å². The second-order valence-corrected chi connectivity index (χ2v) is 10.3. The van der Waals surface area contributed by atoms with Gasteiger partial charge in [0.05, 0.1) is 16.9 Å². The first-order valence-corrected chi connectivity index (χ1v) is 11.9. The fourth-order valence-corrected chi connectivity index (χ4v) is 4.75. The lowest BCUT2D eigenvalue weighted by molar-refractivity contribution is 0.0580. The summed E-state index contributed by atoms with van der Waals surface area (Å²) in [5.41, 5.74) is 3.15. The zero-order valence-corrected chi connectivity index (χ0v) is 20.2. The quantitative estimate of drug-likeness (QED) is 0.527. The Bertz CT molecular complexity index is 1280. The number of hydrogen-bond donors (Lipinski definition) is 2. The number of nitrogens with one attached hydrogen (secondary N) is 2. The maximum Gasteiger partial charge on any atom is 0.414 e. The Morgan fingerprint density at radius 2 is 1.79 bits per heavy atom. The van der Waals surface area contributed by atoms with Crippen molar-refractivity contribution in [3.05, 3.63) is 71.3 Å². The van der Waals surface area contributed by atoms with Crippen molar-refractivity contribution >= 4 is 34.1 Å². The zero-order chi connectivity index (χ0) is 24.1. The Balaban J connectivity index is 1.46. The molecular formula is C28H31N3O3. The lowest BCUT2D eigenvalue weighted by Gasteiger charge is -2.33. The Morgan fingerprint density at radius 3 is 2.53 bits per heavy atom. The summed E-state index contributed by atoms with van der Waals surface area (Å²) < 4.78 is 5.61. The van der Waals surface area contributed by atoms with Crippen molar-refractivity contribution in [1.82, 2.24) is 5.32 Å². The van der Waals surface area contributed by atoms with Gasteiger partial charge in [0, 0.05) is 18.7 Å². The molecule has 6 heteroatoms. The van der Waals surface area contributed by atoms with Gasteiger partial charge >= 0.3 is 6.09 Å². The van der Waals surface area contributed by atoms with Gasteiger partial charge in [0.2, 0.25) is 0 Å². The van der Waals surface area contributed by atoms with Crippen LogP contribution in [0.3, 0.4) is 0 Å². The standard InChI is InChI=1S/C28H31N3O3/c1-18-16-23-24(31(15-14-29-23)26(33)34-27(2,3)4)17-21(18)25(32)30-28(12-13-28)22-11-7-9-19-8-5-6-10-20(19)22/h5-11,16-17,29H,12-15H2,1-4H3,(H,30,32). The molecule has 2 aliphatic rings. The van der Waals surface area contributed by atoms with Crippen molar-refractivity contribution in [2.24, 2.45) is 0 Å². The van der Waals surface area contributed by atoms with E-state index in [1.54, 1.807) is 4.90 Å². The summed E-state index contributed by atoms with van der Waals surface area (Å²) in [7, 11) is 0. The minimum atomic E-state index is -0.593. The van der Waals surface area contributed by atoms with E-state index in [1.165, 1.54) is 10.8 Å². The SMILES string of the molecule is Cc1cc2c(cc1C(=O)NC1(c3cccc4ccccc34)CC1)N(C(=O)OC(C)(C)C)CCN2. The molecule has 1 heterocycles. The van der Waals surface area contributed by atoms with Crippen molar-refractivity contribution in [3.63, 3.8) is 0 Å². The van der Waals surface area contributed by atoms with Gasteiger partial charge in [-0.15, -0.1) is 0 Å². The van der Waals surface area contributed by atoms with Gasteiger partial charge in [-0.1, -0.05) is 42.5 Å². The van der Waals surface area contributed by atoms with Crippen LogP contribution in [0.15, 0.2) is 54.6 Å². The molecule has 3 aromatic rings. The number of benzene rings is 3. The average Bonchev–Trinajstić information content (AvgIpc) is 3.56. The number of fused-ring (bicyclic) bond motifs is 2. The van der Waals surface area contributed by atoms with Crippen molar-refractivity contribution < 1.29 is 14.3 Å². The summed E-state index contributed by atoms with van der Waals surface area (Å²) in [6, 6.07) is 18.3. The molecule has 5 rings (SSSR count). The monoisotopic (exact) mass is 457 g/mol. The van der Waals surface area contributed by atoms with Crippen molar-refractivity contribution in [1.29, 1.82) is 0 Å². The molecule has 0 bridgehead atoms. The molecule has 6 nitrogen and oxygen atoms in total. The number of amides is 2. The first kappa shape index (κ1) is 22.3. The summed E-state index contributed by atoms with van der Waals surface area (Å²) in [5, 5.41) is 9.01. The number of rotatable bonds is 3. The number of carbonyl (C=O) groups is 2. The second-order valence-electron chi connectivity index (χ2n) is 10.3. The summed E-state index contributed by atoms with van der Waals surface area (Å²) >= 11 is 0. The van der Waals surface area contributed by atoms with E-state index in [1.807, 2.05) is 52.0 Å². The smallest absolute Gasteiger partial charge is 0.414 e. The van der Waals surface area contributed by atoms with Gasteiger partial charge in [0.1, 0.15) is 5.60 Å². The molecule has 176 valence electrons. The van der Waals surface area contributed by atoms with E-state index in [2.05, 4.69) is 41.0 Å². The minimum absolute atomic E-state index is 0.125.